The molecule has 5 N–H and O–H groups in total. The van der Waals surface area contributed by atoms with Crippen molar-refractivity contribution in [1.82, 2.24) is 10.2 Å². The molecule has 0 spiro atoms. The summed E-state index contributed by atoms with van der Waals surface area (Å²) in [5.41, 5.74) is 12.9. The minimum absolute atomic E-state index is 0.0228. The number of ether oxygens (including phenoxy) is 3. The molecule has 0 bridgehead atoms. The van der Waals surface area contributed by atoms with Crippen molar-refractivity contribution in [3.05, 3.63) is 101 Å². The van der Waals surface area contributed by atoms with E-state index in [0.717, 1.165) is 5.56 Å². The minimum atomic E-state index is -4.60. The minimum Gasteiger partial charge on any atom is -0.482 e. The van der Waals surface area contributed by atoms with Gasteiger partial charge in [0.1, 0.15) is 22.8 Å². The molecule has 13 heteroatoms. The SMILES string of the molecule is CC(C)c1ccc(C(=O)C2=C(OC(C)(C)C)C(=O)N(/C(N)=C/C=C(\N)CNC(=O)OC(C)(C)C)C2)cc1.FC(F)(F)Oc1ccccc1. The van der Waals surface area contributed by atoms with Gasteiger partial charge in [-0.1, -0.05) is 56.3 Å². The summed E-state index contributed by atoms with van der Waals surface area (Å²) in [7, 11) is 0. The summed E-state index contributed by atoms with van der Waals surface area (Å²) < 4.78 is 49.3. The number of amides is 2. The Balaban J connectivity index is 0.000000613. The molecule has 10 nitrogen and oxygen atoms in total. The van der Waals surface area contributed by atoms with E-state index in [0.29, 0.717) is 17.2 Å². The van der Waals surface area contributed by atoms with E-state index in [-0.39, 0.29) is 41.8 Å². The van der Waals surface area contributed by atoms with Crippen LogP contribution in [0.1, 0.15) is 77.2 Å². The Hall–Kier alpha value is -4.94. The molecule has 0 atom stereocenters. The van der Waals surface area contributed by atoms with Crippen molar-refractivity contribution < 1.29 is 41.8 Å². The van der Waals surface area contributed by atoms with Gasteiger partial charge in [0.25, 0.3) is 5.91 Å². The topological polar surface area (TPSA) is 146 Å². The summed E-state index contributed by atoms with van der Waals surface area (Å²) in [6.07, 6.45) is -2.27. The number of halogens is 3. The van der Waals surface area contributed by atoms with E-state index >= 15 is 0 Å². The lowest BCUT2D eigenvalue weighted by Crippen LogP contribution is -2.34. The monoisotopic (exact) mass is 674 g/mol. The second-order valence-electron chi connectivity index (χ2n) is 13.1. The van der Waals surface area contributed by atoms with Crippen molar-refractivity contribution in [2.45, 2.75) is 78.9 Å². The highest BCUT2D eigenvalue weighted by Crippen LogP contribution is 2.29. The summed E-state index contributed by atoms with van der Waals surface area (Å²) in [5.74, 6) is -0.612. The van der Waals surface area contributed by atoms with E-state index in [2.05, 4.69) is 23.9 Å². The molecule has 0 unspecified atom stereocenters. The molecule has 0 saturated carbocycles. The summed E-state index contributed by atoms with van der Waals surface area (Å²) in [4.78, 5) is 39.7. The second-order valence-corrected chi connectivity index (χ2v) is 13.1. The third-order valence-corrected chi connectivity index (χ3v) is 6.14. The Morgan fingerprint density at radius 1 is 0.896 bits per heavy atom. The van der Waals surface area contributed by atoms with Crippen LogP contribution in [0.15, 0.2) is 89.6 Å². The van der Waals surface area contributed by atoms with Crippen molar-refractivity contribution >= 4 is 17.8 Å². The van der Waals surface area contributed by atoms with Gasteiger partial charge in [-0.2, -0.15) is 0 Å². The van der Waals surface area contributed by atoms with E-state index in [4.69, 9.17) is 20.9 Å². The lowest BCUT2D eigenvalue weighted by atomic mass is 9.98. The molecule has 0 aromatic heterocycles. The summed E-state index contributed by atoms with van der Waals surface area (Å²) >= 11 is 0. The number of carbonyl (C=O) groups is 3. The predicted octanol–water partition coefficient (Wildman–Crippen LogP) is 6.66. The molecule has 2 amide bonds. The van der Waals surface area contributed by atoms with Crippen molar-refractivity contribution in [2.24, 2.45) is 11.5 Å². The molecule has 2 aromatic rings. The van der Waals surface area contributed by atoms with Gasteiger partial charge >= 0.3 is 12.5 Å². The molecular formula is C35H45F3N4O6. The second kappa shape index (κ2) is 16.2. The Labute approximate surface area is 279 Å². The van der Waals surface area contributed by atoms with Crippen LogP contribution in [0.4, 0.5) is 18.0 Å². The van der Waals surface area contributed by atoms with Crippen LogP contribution in [0.3, 0.4) is 0 Å². The number of nitrogens with two attached hydrogens (primary N) is 2. The number of hydrogen-bond donors (Lipinski definition) is 3. The number of nitrogens with zero attached hydrogens (tertiary/aromatic N) is 1. The third-order valence-electron chi connectivity index (χ3n) is 6.14. The molecule has 262 valence electrons. The predicted molar refractivity (Wildman–Crippen MR) is 176 cm³/mol. The van der Waals surface area contributed by atoms with Crippen LogP contribution in [0.5, 0.6) is 5.75 Å². The highest BCUT2D eigenvalue weighted by Gasteiger charge is 2.39. The zero-order valence-electron chi connectivity index (χ0n) is 28.5. The van der Waals surface area contributed by atoms with Gasteiger partial charge in [-0.3, -0.25) is 14.5 Å². The number of para-hydroxylation sites is 1. The normalized spacial score (nSPS) is 14.4. The maximum atomic E-state index is 13.4. The van der Waals surface area contributed by atoms with Gasteiger partial charge in [0, 0.05) is 11.3 Å². The molecule has 0 aliphatic carbocycles. The highest BCUT2D eigenvalue weighted by molar-refractivity contribution is 6.15. The molecule has 3 rings (SSSR count). The van der Waals surface area contributed by atoms with Crippen molar-refractivity contribution in [2.75, 3.05) is 13.1 Å². The average molecular weight is 675 g/mol. The number of benzene rings is 2. The number of rotatable bonds is 9. The molecule has 0 saturated heterocycles. The van der Waals surface area contributed by atoms with E-state index in [1.807, 2.05) is 12.1 Å². The zero-order valence-corrected chi connectivity index (χ0v) is 28.5. The molecule has 1 heterocycles. The Kier molecular flexibility index (Phi) is 13.3. The number of alkyl carbamates (subject to hydrolysis) is 1. The van der Waals surface area contributed by atoms with Crippen LogP contribution >= 0.6 is 0 Å². The van der Waals surface area contributed by atoms with Crippen LogP contribution in [-0.4, -0.2) is 53.3 Å². The zero-order chi connectivity index (χ0) is 36.4. The smallest absolute Gasteiger partial charge is 0.482 e. The number of alkyl halides is 3. The fourth-order valence-corrected chi connectivity index (χ4v) is 3.99. The maximum Gasteiger partial charge on any atom is 0.573 e. The van der Waals surface area contributed by atoms with Gasteiger partial charge in [-0.05, 0) is 77.3 Å². The summed E-state index contributed by atoms with van der Waals surface area (Å²) in [5, 5.41) is 2.55. The molecule has 0 radical (unpaired) electrons. The standard InChI is InChI=1S/C28H40N4O5.C7H5F3O/c1-17(2)18-9-11-19(12-10-18)23(33)21-16-32(25(34)24(21)36-27(3,4)5)22(30)14-13-20(29)15-31-26(35)37-28(6,7)8;8-7(9,10)11-6-4-2-1-3-5-6/h9-14,17H,15-16,29-30H2,1-8H3,(H,31,35);1-5H/b20-13-,22-14+;. The quantitative estimate of drug-likeness (QED) is 0.198. The Morgan fingerprint density at radius 3 is 1.98 bits per heavy atom. The molecule has 1 aliphatic heterocycles. The van der Waals surface area contributed by atoms with Crippen LogP contribution in [0.25, 0.3) is 0 Å². The van der Waals surface area contributed by atoms with E-state index in [1.165, 1.54) is 41.3 Å². The average Bonchev–Trinajstić information content (AvgIpc) is 3.27. The van der Waals surface area contributed by atoms with E-state index in [9.17, 15) is 27.6 Å². The van der Waals surface area contributed by atoms with E-state index < -0.39 is 29.6 Å². The van der Waals surface area contributed by atoms with Crippen molar-refractivity contribution in [3.63, 3.8) is 0 Å². The van der Waals surface area contributed by atoms with Gasteiger partial charge in [0.05, 0.1) is 18.7 Å². The first-order valence-electron chi connectivity index (χ1n) is 15.1. The number of allylic oxidation sites excluding steroid dienone is 2. The number of ketones is 1. The Morgan fingerprint density at radius 2 is 1.48 bits per heavy atom. The van der Waals surface area contributed by atoms with Gasteiger partial charge < -0.3 is 31.0 Å². The van der Waals surface area contributed by atoms with Crippen molar-refractivity contribution in [3.8, 4) is 5.75 Å². The van der Waals surface area contributed by atoms with Crippen LogP contribution < -0.4 is 21.5 Å². The lowest BCUT2D eigenvalue weighted by molar-refractivity contribution is -0.274. The summed E-state index contributed by atoms with van der Waals surface area (Å²) in [6.45, 7) is 14.8. The lowest BCUT2D eigenvalue weighted by Gasteiger charge is -2.23. The number of carbonyl (C=O) groups excluding carboxylic acids is 3. The number of Topliss-reactive ketones (excluding diaryl/α,β-unsaturated/α-hetero) is 1. The van der Waals surface area contributed by atoms with Gasteiger partial charge in [0.15, 0.2) is 11.5 Å². The molecule has 48 heavy (non-hydrogen) atoms. The highest BCUT2D eigenvalue weighted by atomic mass is 19.4. The largest absolute Gasteiger partial charge is 0.573 e. The molecule has 2 aromatic carbocycles. The first-order chi connectivity index (χ1) is 22.1. The van der Waals surface area contributed by atoms with E-state index in [1.54, 1.807) is 59.7 Å². The molecule has 0 fully saturated rings. The first-order valence-corrected chi connectivity index (χ1v) is 15.1. The Bertz CT molecular complexity index is 1520. The van der Waals surface area contributed by atoms with Crippen LogP contribution in [-0.2, 0) is 14.3 Å². The fraction of sp³-hybridized carbons (Fsp3) is 0.400. The molecular weight excluding hydrogens is 629 g/mol. The fourth-order valence-electron chi connectivity index (χ4n) is 3.99. The third kappa shape index (κ3) is 13.4. The van der Waals surface area contributed by atoms with Gasteiger partial charge in [-0.15, -0.1) is 13.2 Å². The first kappa shape index (κ1) is 39.2. The van der Waals surface area contributed by atoms with Crippen LogP contribution in [0, 0.1) is 0 Å². The molecule has 1 aliphatic rings. The number of nitrogens with one attached hydrogen (secondary N) is 1. The van der Waals surface area contributed by atoms with Gasteiger partial charge in [0.2, 0.25) is 0 Å². The number of hydrogen-bond acceptors (Lipinski definition) is 8. The van der Waals surface area contributed by atoms with Crippen molar-refractivity contribution in [1.29, 1.82) is 0 Å². The van der Waals surface area contributed by atoms with Gasteiger partial charge in [-0.25, -0.2) is 4.79 Å². The van der Waals surface area contributed by atoms with Crippen LogP contribution in [0.2, 0.25) is 0 Å². The maximum absolute atomic E-state index is 13.4. The summed E-state index contributed by atoms with van der Waals surface area (Å²) in [6, 6.07) is 14.4.